The van der Waals surface area contributed by atoms with Crippen molar-refractivity contribution < 1.29 is 32.5 Å². The number of hydrogen-bond acceptors (Lipinski definition) is 4. The van der Waals surface area contributed by atoms with Crippen molar-refractivity contribution in [3.8, 4) is 0 Å². The van der Waals surface area contributed by atoms with Gasteiger partial charge in [-0.2, -0.15) is 13.2 Å². The SMILES string of the molecule is CC(C)(C)OC(=O)N1[C@H]([C@H](O)/C(=C/c2ccc(Br)cc2)C(F)(F)F)COC1(C)C. The molecule has 2 rings (SSSR count). The van der Waals surface area contributed by atoms with E-state index >= 15 is 0 Å². The van der Waals surface area contributed by atoms with Gasteiger partial charge in [0.15, 0.2) is 0 Å². The van der Waals surface area contributed by atoms with E-state index in [-0.39, 0.29) is 12.2 Å². The summed E-state index contributed by atoms with van der Waals surface area (Å²) in [7, 11) is 0. The van der Waals surface area contributed by atoms with Crippen molar-refractivity contribution >= 4 is 28.1 Å². The Morgan fingerprint density at radius 3 is 2.34 bits per heavy atom. The fourth-order valence-corrected chi connectivity index (χ4v) is 3.28. The number of benzene rings is 1. The zero-order valence-corrected chi connectivity index (χ0v) is 18.5. The van der Waals surface area contributed by atoms with Crippen molar-refractivity contribution in [2.75, 3.05) is 6.61 Å². The second kappa shape index (κ2) is 8.28. The number of carbonyl (C=O) groups excluding carboxylic acids is 1. The van der Waals surface area contributed by atoms with Gasteiger partial charge in [-0.15, -0.1) is 0 Å². The molecule has 1 amide bonds. The summed E-state index contributed by atoms with van der Waals surface area (Å²) in [6.45, 7) is 7.75. The molecule has 0 bridgehead atoms. The van der Waals surface area contributed by atoms with Gasteiger partial charge in [-0.3, -0.25) is 4.90 Å². The summed E-state index contributed by atoms with van der Waals surface area (Å²) in [5.41, 5.74) is -2.99. The normalized spacial score (nSPS) is 21.2. The zero-order chi connectivity index (χ0) is 22.2. The Labute approximate surface area is 176 Å². The molecule has 162 valence electrons. The summed E-state index contributed by atoms with van der Waals surface area (Å²) in [5, 5.41) is 10.7. The number of carbonyl (C=O) groups is 1. The Morgan fingerprint density at radius 1 is 1.31 bits per heavy atom. The van der Waals surface area contributed by atoms with Crippen LogP contribution in [0.1, 0.15) is 40.2 Å². The number of nitrogens with zero attached hydrogens (tertiary/aromatic N) is 1. The van der Waals surface area contributed by atoms with Crippen molar-refractivity contribution in [1.29, 1.82) is 0 Å². The van der Waals surface area contributed by atoms with Crippen molar-refractivity contribution in [2.24, 2.45) is 0 Å². The van der Waals surface area contributed by atoms with Crippen LogP contribution in [0.25, 0.3) is 6.08 Å². The third kappa shape index (κ3) is 5.96. The second-order valence-electron chi connectivity index (χ2n) is 8.27. The van der Waals surface area contributed by atoms with Crippen LogP contribution in [0.2, 0.25) is 0 Å². The first kappa shape index (κ1) is 23.7. The fourth-order valence-electron chi connectivity index (χ4n) is 3.01. The largest absolute Gasteiger partial charge is 0.444 e. The molecular formula is C20H25BrF3NO4. The minimum Gasteiger partial charge on any atom is -0.444 e. The van der Waals surface area contributed by atoms with Gasteiger partial charge in [-0.25, -0.2) is 4.79 Å². The molecule has 1 aromatic carbocycles. The molecule has 1 fully saturated rings. The highest BCUT2D eigenvalue weighted by Gasteiger charge is 2.52. The van der Waals surface area contributed by atoms with E-state index in [4.69, 9.17) is 9.47 Å². The Morgan fingerprint density at radius 2 is 1.86 bits per heavy atom. The first-order valence-corrected chi connectivity index (χ1v) is 9.80. The van der Waals surface area contributed by atoms with Crippen LogP contribution < -0.4 is 0 Å². The van der Waals surface area contributed by atoms with Crippen LogP contribution in [-0.2, 0) is 9.47 Å². The molecule has 1 saturated heterocycles. The monoisotopic (exact) mass is 479 g/mol. The number of amides is 1. The summed E-state index contributed by atoms with van der Waals surface area (Å²) in [5.74, 6) is 0. The van der Waals surface area contributed by atoms with Gasteiger partial charge in [-0.1, -0.05) is 28.1 Å². The van der Waals surface area contributed by atoms with E-state index in [0.29, 0.717) is 4.47 Å². The zero-order valence-electron chi connectivity index (χ0n) is 16.9. The first-order valence-electron chi connectivity index (χ1n) is 9.00. The average Bonchev–Trinajstić information content (AvgIpc) is 2.86. The summed E-state index contributed by atoms with van der Waals surface area (Å²) in [4.78, 5) is 13.7. The Balaban J connectivity index is 2.42. The molecule has 1 aliphatic rings. The minimum absolute atomic E-state index is 0.263. The van der Waals surface area contributed by atoms with Gasteiger partial charge in [0.05, 0.1) is 18.2 Å². The van der Waals surface area contributed by atoms with Gasteiger partial charge in [-0.05, 0) is 58.4 Å². The van der Waals surface area contributed by atoms with Crippen molar-refractivity contribution in [1.82, 2.24) is 4.90 Å². The van der Waals surface area contributed by atoms with E-state index in [1.807, 2.05) is 0 Å². The van der Waals surface area contributed by atoms with E-state index < -0.39 is 41.3 Å². The highest BCUT2D eigenvalue weighted by molar-refractivity contribution is 9.10. The molecular weight excluding hydrogens is 455 g/mol. The fraction of sp³-hybridized carbons (Fsp3) is 0.550. The van der Waals surface area contributed by atoms with E-state index in [0.717, 1.165) is 11.0 Å². The molecule has 1 aromatic rings. The van der Waals surface area contributed by atoms with Gasteiger partial charge in [0.2, 0.25) is 0 Å². The van der Waals surface area contributed by atoms with Crippen LogP contribution >= 0.6 is 15.9 Å². The first-order chi connectivity index (χ1) is 13.1. The Hall–Kier alpha value is -1.58. The number of aliphatic hydroxyl groups is 1. The third-order valence-electron chi connectivity index (χ3n) is 4.31. The second-order valence-corrected chi connectivity index (χ2v) is 9.18. The highest BCUT2D eigenvalue weighted by atomic mass is 79.9. The molecule has 1 aliphatic heterocycles. The standard InChI is InChI=1S/C20H25BrF3NO4/c1-18(2,3)29-17(27)25-15(11-28-19(25,4)5)16(26)14(20(22,23)24)10-12-6-8-13(21)9-7-12/h6-10,15-16,26H,11H2,1-5H3/b14-10-/t15-,16+/m0/s1. The quantitative estimate of drug-likeness (QED) is 0.652. The van der Waals surface area contributed by atoms with Crippen molar-refractivity contribution in [3.05, 3.63) is 39.9 Å². The van der Waals surface area contributed by atoms with E-state index in [1.54, 1.807) is 32.9 Å². The number of alkyl halides is 3. The number of aliphatic hydroxyl groups excluding tert-OH is 1. The molecule has 9 heteroatoms. The summed E-state index contributed by atoms with van der Waals surface area (Å²) in [6, 6.07) is 4.91. The topological polar surface area (TPSA) is 59.0 Å². The smallest absolute Gasteiger partial charge is 0.415 e. The molecule has 0 spiro atoms. The summed E-state index contributed by atoms with van der Waals surface area (Å²) < 4.78 is 52.9. The van der Waals surface area contributed by atoms with Crippen LogP contribution in [0.15, 0.2) is 34.3 Å². The Kier molecular flexibility index (Phi) is 6.76. The predicted octanol–water partition coefficient (Wildman–Crippen LogP) is 5.13. The average molecular weight is 480 g/mol. The molecule has 0 aromatic heterocycles. The van der Waals surface area contributed by atoms with Gasteiger partial charge < -0.3 is 14.6 Å². The number of ether oxygens (including phenoxy) is 2. The molecule has 0 aliphatic carbocycles. The van der Waals surface area contributed by atoms with Crippen LogP contribution in [0.4, 0.5) is 18.0 Å². The van der Waals surface area contributed by atoms with E-state index in [2.05, 4.69) is 15.9 Å². The maximum Gasteiger partial charge on any atom is 0.415 e. The van der Waals surface area contributed by atoms with Crippen LogP contribution in [0.3, 0.4) is 0 Å². The lowest BCUT2D eigenvalue weighted by Crippen LogP contribution is -2.54. The molecule has 0 radical (unpaired) electrons. The molecule has 29 heavy (non-hydrogen) atoms. The van der Waals surface area contributed by atoms with Crippen molar-refractivity contribution in [2.45, 2.75) is 64.3 Å². The maximum atomic E-state index is 13.8. The lowest BCUT2D eigenvalue weighted by molar-refractivity contribution is -0.111. The third-order valence-corrected chi connectivity index (χ3v) is 4.84. The lowest BCUT2D eigenvalue weighted by atomic mass is 9.98. The van der Waals surface area contributed by atoms with E-state index in [9.17, 15) is 23.1 Å². The molecule has 0 unspecified atom stereocenters. The number of halogens is 4. The van der Waals surface area contributed by atoms with E-state index in [1.165, 1.54) is 26.0 Å². The highest BCUT2D eigenvalue weighted by Crippen LogP contribution is 2.37. The van der Waals surface area contributed by atoms with Crippen LogP contribution in [0, 0.1) is 0 Å². The molecule has 1 heterocycles. The number of rotatable bonds is 3. The summed E-state index contributed by atoms with van der Waals surface area (Å²) >= 11 is 3.23. The van der Waals surface area contributed by atoms with Gasteiger partial charge >= 0.3 is 12.3 Å². The van der Waals surface area contributed by atoms with Crippen LogP contribution in [-0.4, -0.2) is 52.4 Å². The predicted molar refractivity (Wildman–Crippen MR) is 106 cm³/mol. The van der Waals surface area contributed by atoms with Gasteiger partial charge in [0.25, 0.3) is 0 Å². The van der Waals surface area contributed by atoms with Crippen LogP contribution in [0.5, 0.6) is 0 Å². The van der Waals surface area contributed by atoms with Gasteiger partial charge in [0.1, 0.15) is 17.4 Å². The molecule has 1 N–H and O–H groups in total. The number of hydrogen-bond donors (Lipinski definition) is 1. The lowest BCUT2D eigenvalue weighted by Gasteiger charge is -2.37. The van der Waals surface area contributed by atoms with Gasteiger partial charge in [0, 0.05) is 4.47 Å². The van der Waals surface area contributed by atoms with Crippen molar-refractivity contribution in [3.63, 3.8) is 0 Å². The minimum atomic E-state index is -4.81. The Bertz CT molecular complexity index is 769. The molecule has 5 nitrogen and oxygen atoms in total. The molecule has 0 saturated carbocycles. The molecule has 2 atom stereocenters. The summed E-state index contributed by atoms with van der Waals surface area (Å²) in [6.07, 6.45) is -6.81. The maximum absolute atomic E-state index is 13.8.